The van der Waals surface area contributed by atoms with Gasteiger partial charge in [-0.3, -0.25) is 9.69 Å². The minimum Gasteiger partial charge on any atom is -0.325 e. The van der Waals surface area contributed by atoms with Crippen LogP contribution >= 0.6 is 11.3 Å². The number of carbonyl (C=O) groups excluding carboxylic acids is 1. The van der Waals surface area contributed by atoms with E-state index in [2.05, 4.69) is 21.7 Å². The molecule has 8 heteroatoms. The van der Waals surface area contributed by atoms with Crippen LogP contribution in [0.3, 0.4) is 0 Å². The van der Waals surface area contributed by atoms with Crippen molar-refractivity contribution in [2.75, 3.05) is 31.5 Å². The molecule has 0 radical (unpaired) electrons. The minimum absolute atomic E-state index is 0.108. The molecule has 2 aliphatic rings. The molecule has 1 aromatic heterocycles. The minimum atomic E-state index is -3.54. The number of carbonyl (C=O) groups is 1. The van der Waals surface area contributed by atoms with E-state index in [1.807, 2.05) is 6.07 Å². The van der Waals surface area contributed by atoms with Crippen molar-refractivity contribution in [3.63, 3.8) is 0 Å². The van der Waals surface area contributed by atoms with Gasteiger partial charge in [0.15, 0.2) is 0 Å². The average Bonchev–Trinajstić information content (AvgIpc) is 3.41. The Morgan fingerprint density at radius 1 is 1.13 bits per heavy atom. The summed E-state index contributed by atoms with van der Waals surface area (Å²) in [6.07, 6.45) is 5.02. The molecule has 2 aromatic rings. The van der Waals surface area contributed by atoms with Crippen molar-refractivity contribution in [2.45, 2.75) is 50.0 Å². The zero-order valence-corrected chi connectivity index (χ0v) is 19.0. The number of hydrogen-bond acceptors (Lipinski definition) is 5. The lowest BCUT2D eigenvalue weighted by Crippen LogP contribution is -2.36. The number of hydrogen-bond donors (Lipinski definition) is 1. The second-order valence-electron chi connectivity index (χ2n) is 8.14. The molecule has 0 spiro atoms. The van der Waals surface area contributed by atoms with Crippen LogP contribution in [-0.4, -0.2) is 49.7 Å². The van der Waals surface area contributed by atoms with Gasteiger partial charge in [0.2, 0.25) is 15.9 Å². The van der Waals surface area contributed by atoms with Gasteiger partial charge < -0.3 is 5.32 Å². The summed E-state index contributed by atoms with van der Waals surface area (Å²) in [5, 5.41) is 4.99. The van der Waals surface area contributed by atoms with Gasteiger partial charge in [-0.2, -0.15) is 4.31 Å². The maximum Gasteiger partial charge on any atom is 0.243 e. The second kappa shape index (κ2) is 9.18. The first-order chi connectivity index (χ1) is 14.4. The van der Waals surface area contributed by atoms with E-state index in [9.17, 15) is 13.2 Å². The number of nitrogens with one attached hydrogen (secondary N) is 1. The number of piperidine rings is 1. The number of thiophene rings is 1. The highest BCUT2D eigenvalue weighted by atomic mass is 32.2. The van der Waals surface area contributed by atoms with Crippen molar-refractivity contribution in [1.29, 1.82) is 0 Å². The van der Waals surface area contributed by atoms with Gasteiger partial charge in [-0.05, 0) is 68.3 Å². The third-order valence-corrected chi connectivity index (χ3v) is 9.00. The smallest absolute Gasteiger partial charge is 0.243 e. The maximum absolute atomic E-state index is 13.1. The van der Waals surface area contributed by atoms with E-state index in [-0.39, 0.29) is 5.91 Å². The van der Waals surface area contributed by atoms with E-state index >= 15 is 0 Å². The van der Waals surface area contributed by atoms with Gasteiger partial charge in [0.25, 0.3) is 0 Å². The number of anilines is 1. The fraction of sp³-hybridized carbons (Fsp3) is 0.500. The van der Waals surface area contributed by atoms with E-state index in [4.69, 9.17) is 0 Å². The molecule has 2 aliphatic heterocycles. The molecule has 2 saturated heterocycles. The van der Waals surface area contributed by atoms with Crippen molar-refractivity contribution in [1.82, 2.24) is 9.21 Å². The van der Waals surface area contributed by atoms with Gasteiger partial charge in [-0.25, -0.2) is 8.42 Å². The highest BCUT2D eigenvalue weighted by Gasteiger charge is 2.29. The van der Waals surface area contributed by atoms with Crippen molar-refractivity contribution >= 4 is 33.0 Å². The molecule has 0 saturated carbocycles. The lowest BCUT2D eigenvalue weighted by Gasteiger charge is -2.27. The number of amides is 1. The van der Waals surface area contributed by atoms with Gasteiger partial charge in [-0.1, -0.05) is 18.6 Å². The zero-order chi connectivity index (χ0) is 21.1. The number of rotatable bonds is 6. The Labute approximate surface area is 182 Å². The molecule has 4 rings (SSSR count). The fourth-order valence-electron chi connectivity index (χ4n) is 4.40. The second-order valence-corrected chi connectivity index (χ2v) is 11.0. The van der Waals surface area contributed by atoms with Gasteiger partial charge in [-0.15, -0.1) is 11.3 Å². The lowest BCUT2D eigenvalue weighted by molar-refractivity contribution is -0.117. The Bertz CT molecular complexity index is 983. The number of aryl methyl sites for hydroxylation is 1. The van der Waals surface area contributed by atoms with Gasteiger partial charge >= 0.3 is 0 Å². The van der Waals surface area contributed by atoms with E-state index in [0.29, 0.717) is 41.8 Å². The Kier molecular flexibility index (Phi) is 6.57. The van der Waals surface area contributed by atoms with Gasteiger partial charge in [0, 0.05) is 29.7 Å². The molecular weight excluding hydrogens is 418 g/mol. The van der Waals surface area contributed by atoms with Crippen molar-refractivity contribution in [3.8, 4) is 0 Å². The predicted molar refractivity (Wildman–Crippen MR) is 120 cm³/mol. The summed E-state index contributed by atoms with van der Waals surface area (Å²) >= 11 is 1.73. The van der Waals surface area contributed by atoms with Crippen molar-refractivity contribution in [2.24, 2.45) is 0 Å². The molecule has 6 nitrogen and oxygen atoms in total. The fourth-order valence-corrected chi connectivity index (χ4v) is 7.07. The van der Waals surface area contributed by atoms with Crippen LogP contribution in [-0.2, 0) is 14.8 Å². The largest absolute Gasteiger partial charge is 0.325 e. The van der Waals surface area contributed by atoms with Crippen LogP contribution in [0, 0.1) is 6.92 Å². The lowest BCUT2D eigenvalue weighted by atomic mass is 10.2. The Hall–Kier alpha value is -1.74. The monoisotopic (exact) mass is 447 g/mol. The van der Waals surface area contributed by atoms with E-state index in [0.717, 1.165) is 38.6 Å². The first-order valence-electron chi connectivity index (χ1n) is 10.6. The summed E-state index contributed by atoms with van der Waals surface area (Å²) in [5.41, 5.74) is 1.24. The number of likely N-dealkylation sites (tertiary alicyclic amines) is 1. The third kappa shape index (κ3) is 4.61. The summed E-state index contributed by atoms with van der Waals surface area (Å²) in [6, 6.07) is 9.64. The van der Waals surface area contributed by atoms with Crippen LogP contribution in [0.15, 0.2) is 40.6 Å². The SMILES string of the molecule is Cc1ccc(NC(=O)CN2CCC[C@H]2c2cccs2)cc1S(=O)(=O)N1CCCCC1. The number of nitrogens with zero attached hydrogens (tertiary/aromatic N) is 2. The first kappa shape index (κ1) is 21.5. The summed E-state index contributed by atoms with van der Waals surface area (Å²) in [4.78, 5) is 16.5. The summed E-state index contributed by atoms with van der Waals surface area (Å²) in [5.74, 6) is -0.108. The molecule has 1 atom stereocenters. The third-order valence-electron chi connectivity index (χ3n) is 5.99. The Balaban J connectivity index is 1.46. The molecule has 3 heterocycles. The summed E-state index contributed by atoms with van der Waals surface area (Å²) < 4.78 is 27.8. The average molecular weight is 448 g/mol. The van der Waals surface area contributed by atoms with Crippen LogP contribution in [0.2, 0.25) is 0 Å². The van der Waals surface area contributed by atoms with Crippen LogP contribution < -0.4 is 5.32 Å². The van der Waals surface area contributed by atoms with Crippen LogP contribution in [0.4, 0.5) is 5.69 Å². The van der Waals surface area contributed by atoms with E-state index < -0.39 is 10.0 Å². The highest BCUT2D eigenvalue weighted by molar-refractivity contribution is 7.89. The van der Waals surface area contributed by atoms with Crippen LogP contribution in [0.1, 0.15) is 48.6 Å². The molecule has 1 N–H and O–H groups in total. The van der Waals surface area contributed by atoms with Gasteiger partial charge in [0.1, 0.15) is 0 Å². The molecule has 0 bridgehead atoms. The zero-order valence-electron chi connectivity index (χ0n) is 17.3. The molecule has 1 amide bonds. The van der Waals surface area contributed by atoms with E-state index in [1.54, 1.807) is 40.8 Å². The predicted octanol–water partition coefficient (Wildman–Crippen LogP) is 4.01. The van der Waals surface area contributed by atoms with Crippen LogP contribution in [0.5, 0.6) is 0 Å². The van der Waals surface area contributed by atoms with Crippen LogP contribution in [0.25, 0.3) is 0 Å². The highest BCUT2D eigenvalue weighted by Crippen LogP contribution is 2.34. The normalized spacial score (nSPS) is 21.0. The molecule has 30 heavy (non-hydrogen) atoms. The topological polar surface area (TPSA) is 69.7 Å². The van der Waals surface area contributed by atoms with Crippen molar-refractivity contribution in [3.05, 3.63) is 46.2 Å². The molecular formula is C22H29N3O3S2. The maximum atomic E-state index is 13.1. The molecule has 162 valence electrons. The Morgan fingerprint density at radius 2 is 1.93 bits per heavy atom. The molecule has 0 aliphatic carbocycles. The van der Waals surface area contributed by atoms with Crippen molar-refractivity contribution < 1.29 is 13.2 Å². The number of benzene rings is 1. The molecule has 2 fully saturated rings. The molecule has 0 unspecified atom stereocenters. The number of sulfonamides is 1. The first-order valence-corrected chi connectivity index (χ1v) is 13.0. The van der Waals surface area contributed by atoms with E-state index in [1.165, 1.54) is 4.88 Å². The molecule has 1 aromatic carbocycles. The summed E-state index contributed by atoms with van der Waals surface area (Å²) in [6.45, 7) is 4.15. The van der Waals surface area contributed by atoms with Gasteiger partial charge in [0.05, 0.1) is 11.4 Å². The summed E-state index contributed by atoms with van der Waals surface area (Å²) in [7, 11) is -3.54. The standard InChI is InChI=1S/C22H29N3O3S2/c1-17-9-10-18(15-21(17)30(27,28)25-12-3-2-4-13-25)23-22(26)16-24-11-5-7-19(24)20-8-6-14-29-20/h6,8-10,14-15,19H,2-5,7,11-13,16H2,1H3,(H,23,26)/t19-/m0/s1. The Morgan fingerprint density at radius 3 is 2.67 bits per heavy atom. The quantitative estimate of drug-likeness (QED) is 0.727.